The first kappa shape index (κ1) is 24.3. The molecule has 4 heterocycles. The largest absolute Gasteiger partial charge is 0.490 e. The van der Waals surface area contributed by atoms with Gasteiger partial charge in [-0.15, -0.1) is 11.3 Å². The standard InChI is InChI=1S/C20H22N4OS.C2HF3O2/c25-20(18-6-4-12-26-18)24-14-16(13-23-11-3-5-17(23)15-24)8-10-22-19-7-1-2-9-21-19;3-2(4,5)1(6)7/h1-7,9,11-12,16H,8,10,13-15H2,(H,21,22);(H,6,7). The van der Waals surface area contributed by atoms with E-state index < -0.39 is 12.1 Å². The maximum Gasteiger partial charge on any atom is 0.490 e. The van der Waals surface area contributed by atoms with Crippen molar-refractivity contribution in [3.63, 3.8) is 0 Å². The van der Waals surface area contributed by atoms with E-state index in [1.165, 1.54) is 17.0 Å². The minimum Gasteiger partial charge on any atom is -0.475 e. The van der Waals surface area contributed by atoms with Crippen LogP contribution >= 0.6 is 11.3 Å². The summed E-state index contributed by atoms with van der Waals surface area (Å²) in [6.07, 6.45) is -0.183. The molecule has 3 aromatic heterocycles. The monoisotopic (exact) mass is 480 g/mol. The van der Waals surface area contributed by atoms with Gasteiger partial charge in [-0.25, -0.2) is 9.78 Å². The Labute approximate surface area is 192 Å². The Morgan fingerprint density at radius 3 is 2.58 bits per heavy atom. The summed E-state index contributed by atoms with van der Waals surface area (Å²) in [7, 11) is 0. The van der Waals surface area contributed by atoms with Gasteiger partial charge in [-0.2, -0.15) is 13.2 Å². The van der Waals surface area contributed by atoms with Crippen LogP contribution in [0.3, 0.4) is 0 Å². The Morgan fingerprint density at radius 1 is 1.15 bits per heavy atom. The van der Waals surface area contributed by atoms with Gasteiger partial charge in [0.1, 0.15) is 5.82 Å². The van der Waals surface area contributed by atoms with Crippen molar-refractivity contribution in [2.24, 2.45) is 5.92 Å². The summed E-state index contributed by atoms with van der Waals surface area (Å²) in [5.41, 5.74) is 1.20. The van der Waals surface area contributed by atoms with Crippen molar-refractivity contribution < 1.29 is 27.9 Å². The Hall–Kier alpha value is -3.34. The number of alkyl halides is 3. The summed E-state index contributed by atoms with van der Waals surface area (Å²) >= 11 is 1.51. The Bertz CT molecular complexity index is 1040. The third-order valence-corrected chi connectivity index (χ3v) is 5.85. The molecule has 0 spiro atoms. The van der Waals surface area contributed by atoms with E-state index in [4.69, 9.17) is 9.90 Å². The Balaban J connectivity index is 0.000000383. The van der Waals surface area contributed by atoms with Gasteiger partial charge in [-0.05, 0) is 48.1 Å². The first-order valence-electron chi connectivity index (χ1n) is 10.2. The second kappa shape index (κ2) is 11.0. The van der Waals surface area contributed by atoms with E-state index in [1.54, 1.807) is 6.20 Å². The number of halogens is 3. The number of nitrogens with one attached hydrogen (secondary N) is 1. The van der Waals surface area contributed by atoms with Gasteiger partial charge in [0.05, 0.1) is 11.4 Å². The molecule has 1 amide bonds. The molecule has 1 aliphatic rings. The number of hydrogen-bond acceptors (Lipinski definition) is 5. The zero-order valence-electron chi connectivity index (χ0n) is 17.5. The highest BCUT2D eigenvalue weighted by Gasteiger charge is 2.38. The number of aromatic nitrogens is 2. The highest BCUT2D eigenvalue weighted by molar-refractivity contribution is 7.12. The summed E-state index contributed by atoms with van der Waals surface area (Å²) in [4.78, 5) is 28.9. The van der Waals surface area contributed by atoms with Crippen LogP contribution in [0.4, 0.5) is 19.0 Å². The highest BCUT2D eigenvalue weighted by atomic mass is 32.1. The molecule has 0 aliphatic carbocycles. The second-order valence-electron chi connectivity index (χ2n) is 7.41. The zero-order chi connectivity index (χ0) is 23.8. The fourth-order valence-electron chi connectivity index (χ4n) is 3.44. The molecule has 11 heteroatoms. The maximum absolute atomic E-state index is 12.9. The van der Waals surface area contributed by atoms with Crippen LogP contribution in [0.25, 0.3) is 0 Å². The van der Waals surface area contributed by atoms with Gasteiger partial charge in [-0.3, -0.25) is 4.79 Å². The predicted molar refractivity (Wildman–Crippen MR) is 118 cm³/mol. The van der Waals surface area contributed by atoms with Crippen LogP contribution in [-0.2, 0) is 17.9 Å². The van der Waals surface area contributed by atoms with Gasteiger partial charge in [-0.1, -0.05) is 12.1 Å². The van der Waals surface area contributed by atoms with Crippen LogP contribution in [0.15, 0.2) is 60.2 Å². The fourth-order valence-corrected chi connectivity index (χ4v) is 4.13. The number of carbonyl (C=O) groups excluding carboxylic acids is 1. The van der Waals surface area contributed by atoms with Crippen LogP contribution in [0, 0.1) is 5.92 Å². The number of aliphatic carboxylic acids is 1. The van der Waals surface area contributed by atoms with Crippen molar-refractivity contribution >= 4 is 29.0 Å². The first-order valence-corrected chi connectivity index (χ1v) is 11.0. The highest BCUT2D eigenvalue weighted by Crippen LogP contribution is 2.22. The molecule has 3 aromatic rings. The SMILES string of the molecule is O=C(O)C(F)(F)F.O=C(c1cccs1)N1Cc2cccn2CC(CCNc2ccccn2)C1. The summed E-state index contributed by atoms with van der Waals surface area (Å²) in [6.45, 7) is 3.25. The number of thiophene rings is 1. The smallest absolute Gasteiger partial charge is 0.475 e. The number of carbonyl (C=O) groups is 2. The molecule has 7 nitrogen and oxygen atoms in total. The molecular weight excluding hydrogens is 457 g/mol. The fraction of sp³-hybridized carbons (Fsp3) is 0.318. The van der Waals surface area contributed by atoms with Gasteiger partial charge < -0.3 is 19.9 Å². The van der Waals surface area contributed by atoms with Crippen LogP contribution in [0.5, 0.6) is 0 Å². The third kappa shape index (κ3) is 7.07. The van der Waals surface area contributed by atoms with Gasteiger partial charge >= 0.3 is 12.1 Å². The number of pyridine rings is 1. The van der Waals surface area contributed by atoms with E-state index in [2.05, 4.69) is 33.2 Å². The molecule has 0 saturated carbocycles. The minimum atomic E-state index is -5.08. The average Bonchev–Trinajstić information content (AvgIpc) is 3.43. The lowest BCUT2D eigenvalue weighted by molar-refractivity contribution is -0.192. The number of anilines is 1. The van der Waals surface area contributed by atoms with Crippen LogP contribution in [-0.4, -0.2) is 50.7 Å². The normalized spacial score (nSPS) is 15.6. The van der Waals surface area contributed by atoms with E-state index in [9.17, 15) is 18.0 Å². The molecule has 0 aromatic carbocycles. The van der Waals surface area contributed by atoms with Crippen molar-refractivity contribution in [3.05, 3.63) is 70.8 Å². The van der Waals surface area contributed by atoms with Crippen molar-refractivity contribution in [2.75, 3.05) is 18.4 Å². The lowest BCUT2D eigenvalue weighted by atomic mass is 10.0. The number of amides is 1. The molecular formula is C22H23F3N4O3S. The van der Waals surface area contributed by atoms with Crippen molar-refractivity contribution in [1.29, 1.82) is 0 Å². The molecule has 176 valence electrons. The van der Waals surface area contributed by atoms with Gasteiger partial charge in [0, 0.05) is 37.7 Å². The second-order valence-corrected chi connectivity index (χ2v) is 8.36. The average molecular weight is 481 g/mol. The molecule has 4 rings (SSSR count). The first-order chi connectivity index (χ1) is 15.7. The predicted octanol–water partition coefficient (Wildman–Crippen LogP) is 4.35. The number of carboxylic acids is 1. The quantitative estimate of drug-likeness (QED) is 0.567. The molecule has 2 N–H and O–H groups in total. The lowest BCUT2D eigenvalue weighted by Gasteiger charge is -2.24. The summed E-state index contributed by atoms with van der Waals surface area (Å²) in [6, 6.07) is 13.9. The molecule has 1 unspecified atom stereocenters. The molecule has 1 aliphatic heterocycles. The molecule has 33 heavy (non-hydrogen) atoms. The molecule has 0 radical (unpaired) electrons. The number of carboxylic acid groups (broad SMARTS) is 1. The zero-order valence-corrected chi connectivity index (χ0v) is 18.4. The Morgan fingerprint density at radius 2 is 1.94 bits per heavy atom. The number of hydrogen-bond donors (Lipinski definition) is 2. The molecule has 0 saturated heterocycles. The van der Waals surface area contributed by atoms with Crippen LogP contribution in [0.1, 0.15) is 21.8 Å². The van der Waals surface area contributed by atoms with Crippen molar-refractivity contribution in [1.82, 2.24) is 14.5 Å². The van der Waals surface area contributed by atoms with E-state index in [-0.39, 0.29) is 5.91 Å². The molecule has 0 bridgehead atoms. The van der Waals surface area contributed by atoms with Gasteiger partial charge in [0.25, 0.3) is 5.91 Å². The summed E-state index contributed by atoms with van der Waals surface area (Å²) < 4.78 is 34.0. The number of rotatable bonds is 5. The summed E-state index contributed by atoms with van der Waals surface area (Å²) in [5, 5.41) is 12.5. The summed E-state index contributed by atoms with van der Waals surface area (Å²) in [5.74, 6) is -1.32. The van der Waals surface area contributed by atoms with E-state index >= 15 is 0 Å². The van der Waals surface area contributed by atoms with Crippen LogP contribution in [0.2, 0.25) is 0 Å². The topological polar surface area (TPSA) is 87.5 Å². The maximum atomic E-state index is 12.9. The molecule has 1 atom stereocenters. The lowest BCUT2D eigenvalue weighted by Crippen LogP contribution is -2.34. The van der Waals surface area contributed by atoms with E-state index in [0.717, 1.165) is 36.8 Å². The van der Waals surface area contributed by atoms with Crippen molar-refractivity contribution in [3.8, 4) is 0 Å². The Kier molecular flexibility index (Phi) is 8.10. The number of fused-ring (bicyclic) bond motifs is 1. The third-order valence-electron chi connectivity index (χ3n) is 5.00. The van der Waals surface area contributed by atoms with Crippen molar-refractivity contribution in [2.45, 2.75) is 25.7 Å². The van der Waals surface area contributed by atoms with Crippen LogP contribution < -0.4 is 5.32 Å². The number of nitrogens with zero attached hydrogens (tertiary/aromatic N) is 3. The van der Waals surface area contributed by atoms with E-state index in [1.807, 2.05) is 40.6 Å². The minimum absolute atomic E-state index is 0.136. The van der Waals surface area contributed by atoms with E-state index in [0.29, 0.717) is 12.5 Å². The molecule has 0 fully saturated rings. The van der Waals surface area contributed by atoms with Gasteiger partial charge in [0.15, 0.2) is 0 Å². The van der Waals surface area contributed by atoms with Gasteiger partial charge in [0.2, 0.25) is 0 Å².